The molecule has 1 amide bonds. The number of halogens is 1. The lowest BCUT2D eigenvalue weighted by Crippen LogP contribution is -2.21. The van der Waals surface area contributed by atoms with Crippen LogP contribution in [0.3, 0.4) is 0 Å². The zero-order chi connectivity index (χ0) is 22.5. The maximum Gasteiger partial charge on any atom is 0.349 e. The summed E-state index contributed by atoms with van der Waals surface area (Å²) in [6.45, 7) is 4.96. The number of nitrogens with one attached hydrogen (secondary N) is 1. The fourth-order valence-corrected chi connectivity index (χ4v) is 3.29. The summed E-state index contributed by atoms with van der Waals surface area (Å²) in [7, 11) is 0. The van der Waals surface area contributed by atoms with E-state index < -0.39 is 18.5 Å². The van der Waals surface area contributed by atoms with E-state index in [1.165, 1.54) is 12.1 Å². The number of esters is 1. The van der Waals surface area contributed by atoms with E-state index in [0.717, 1.165) is 21.5 Å². The number of benzene rings is 1. The Morgan fingerprint density at radius 1 is 1.26 bits per heavy atom. The first kappa shape index (κ1) is 22.1. The molecule has 2 aromatic heterocycles. The quantitative estimate of drug-likeness (QED) is 0.319. The van der Waals surface area contributed by atoms with E-state index in [1.54, 1.807) is 6.92 Å². The maximum atomic E-state index is 12.3. The Morgan fingerprint density at radius 2 is 1.97 bits per heavy atom. The molecule has 1 N–H and O–H groups in total. The highest BCUT2D eigenvalue weighted by Gasteiger charge is 2.16. The van der Waals surface area contributed by atoms with Gasteiger partial charge >= 0.3 is 5.97 Å². The summed E-state index contributed by atoms with van der Waals surface area (Å²) in [4.78, 5) is 24.2. The lowest BCUT2D eigenvalue weighted by molar-refractivity contribution is -0.142. The van der Waals surface area contributed by atoms with Gasteiger partial charge in [-0.05, 0) is 62.7 Å². The highest BCUT2D eigenvalue weighted by Crippen LogP contribution is 2.24. The van der Waals surface area contributed by atoms with Crippen LogP contribution in [0, 0.1) is 32.1 Å². The van der Waals surface area contributed by atoms with Crippen molar-refractivity contribution in [2.24, 2.45) is 0 Å². The Hall–Kier alpha value is -3.64. The van der Waals surface area contributed by atoms with Crippen molar-refractivity contribution in [1.82, 2.24) is 9.72 Å². The molecule has 0 spiro atoms. The fourth-order valence-electron chi connectivity index (χ4n) is 3.03. The monoisotopic (exact) mass is 482 g/mol. The minimum Gasteiger partial charge on any atom is -0.451 e. The molecule has 0 fully saturated rings. The van der Waals surface area contributed by atoms with Crippen LogP contribution in [0.4, 0.5) is 5.82 Å². The van der Waals surface area contributed by atoms with Crippen molar-refractivity contribution in [1.29, 1.82) is 5.26 Å². The Bertz CT molecular complexity index is 1200. The van der Waals surface area contributed by atoms with Gasteiger partial charge in [0.15, 0.2) is 12.4 Å². The second kappa shape index (κ2) is 9.45. The minimum atomic E-state index is -0.887. The van der Waals surface area contributed by atoms with E-state index in [0.29, 0.717) is 11.3 Å². The molecule has 2 heterocycles. The predicted molar refractivity (Wildman–Crippen MR) is 117 cm³/mol. The van der Waals surface area contributed by atoms with E-state index in [2.05, 4.69) is 26.4 Å². The number of hydrogen-bond acceptors (Lipinski definition) is 6. The van der Waals surface area contributed by atoms with Crippen LogP contribution in [0.25, 0.3) is 11.8 Å². The van der Waals surface area contributed by atoms with Gasteiger partial charge in [0.1, 0.15) is 17.4 Å². The molecule has 31 heavy (non-hydrogen) atoms. The molecule has 158 valence electrons. The fraction of sp³-hybridized carbons (Fsp3) is 0.182. The number of anilines is 1. The number of hydrogen-bond donors (Lipinski definition) is 1. The molecule has 8 nitrogen and oxygen atoms in total. The van der Waals surface area contributed by atoms with Gasteiger partial charge in [-0.1, -0.05) is 21.1 Å². The first-order chi connectivity index (χ1) is 14.8. The van der Waals surface area contributed by atoms with Gasteiger partial charge in [0, 0.05) is 27.6 Å². The highest BCUT2D eigenvalue weighted by molar-refractivity contribution is 9.10. The molecule has 0 saturated heterocycles. The first-order valence-electron chi connectivity index (χ1n) is 9.25. The zero-order valence-electron chi connectivity index (χ0n) is 17.1. The summed E-state index contributed by atoms with van der Waals surface area (Å²) in [5.74, 6) is -0.729. The average Bonchev–Trinajstić information content (AvgIpc) is 3.26. The van der Waals surface area contributed by atoms with Gasteiger partial charge in [0.25, 0.3) is 5.91 Å². The van der Waals surface area contributed by atoms with Crippen molar-refractivity contribution in [3.63, 3.8) is 0 Å². The number of nitriles is 1. The molecule has 0 aliphatic carbocycles. The molecule has 3 rings (SSSR count). The van der Waals surface area contributed by atoms with Gasteiger partial charge in [-0.3, -0.25) is 4.79 Å². The van der Waals surface area contributed by atoms with Gasteiger partial charge in [-0.25, -0.2) is 4.79 Å². The second-order valence-corrected chi connectivity index (χ2v) is 7.67. The number of aryl methyl sites for hydroxylation is 2. The van der Waals surface area contributed by atoms with Crippen LogP contribution >= 0.6 is 15.9 Å². The predicted octanol–water partition coefficient (Wildman–Crippen LogP) is 4.24. The number of nitrogens with zero attached hydrogens (tertiary/aromatic N) is 3. The SMILES string of the molecule is Cc1cc(NC(=O)COC(=O)/C(C#N)=C/c2cc(C)n(-c3ccc(Br)cc3)c2C)no1. The number of ether oxygens (including phenoxy) is 1. The van der Waals surface area contributed by atoms with E-state index >= 15 is 0 Å². The molecule has 9 heteroatoms. The number of amides is 1. The summed E-state index contributed by atoms with van der Waals surface area (Å²) < 4.78 is 12.8. The number of rotatable bonds is 6. The van der Waals surface area contributed by atoms with E-state index in [-0.39, 0.29) is 11.4 Å². The van der Waals surface area contributed by atoms with Crippen LogP contribution in [0.5, 0.6) is 0 Å². The summed E-state index contributed by atoms with van der Waals surface area (Å²) >= 11 is 3.42. The Labute approximate surface area is 187 Å². The standard InChI is InChI=1S/C22H19BrN4O4/c1-13-8-16(15(3)27(13)19-6-4-18(23)5-7-19)10-17(11-24)22(29)30-12-21(28)25-20-9-14(2)31-26-20/h4-10H,12H2,1-3H3,(H,25,26,28)/b17-10+. The lowest BCUT2D eigenvalue weighted by Gasteiger charge is -2.09. The molecule has 1 aromatic carbocycles. The van der Waals surface area contributed by atoms with Gasteiger partial charge in [0.05, 0.1) is 0 Å². The molecular weight excluding hydrogens is 464 g/mol. The third kappa shape index (κ3) is 5.29. The van der Waals surface area contributed by atoms with Crippen LogP contribution in [-0.4, -0.2) is 28.2 Å². The molecule has 0 radical (unpaired) electrons. The van der Waals surface area contributed by atoms with E-state index in [1.807, 2.05) is 54.8 Å². The lowest BCUT2D eigenvalue weighted by atomic mass is 10.1. The van der Waals surface area contributed by atoms with Gasteiger partial charge in [0.2, 0.25) is 0 Å². The third-order valence-corrected chi connectivity index (χ3v) is 4.95. The Balaban J connectivity index is 1.73. The van der Waals surface area contributed by atoms with Crippen LogP contribution in [0.2, 0.25) is 0 Å². The molecule has 0 aliphatic heterocycles. The van der Waals surface area contributed by atoms with Crippen LogP contribution in [-0.2, 0) is 14.3 Å². The smallest absolute Gasteiger partial charge is 0.349 e. The van der Waals surface area contributed by atoms with Gasteiger partial charge in [-0.15, -0.1) is 0 Å². The zero-order valence-corrected chi connectivity index (χ0v) is 18.7. The first-order valence-corrected chi connectivity index (χ1v) is 10.0. The topological polar surface area (TPSA) is 110 Å². The average molecular weight is 483 g/mol. The minimum absolute atomic E-state index is 0.207. The van der Waals surface area contributed by atoms with Crippen LogP contribution < -0.4 is 5.32 Å². The van der Waals surface area contributed by atoms with Gasteiger partial charge < -0.3 is 19.1 Å². The molecule has 0 aliphatic rings. The number of aromatic nitrogens is 2. The Kier molecular flexibility index (Phi) is 6.72. The third-order valence-electron chi connectivity index (χ3n) is 4.43. The van der Waals surface area contributed by atoms with Crippen molar-refractivity contribution in [3.8, 4) is 11.8 Å². The molecular formula is C22H19BrN4O4. The van der Waals surface area contributed by atoms with E-state index in [4.69, 9.17) is 9.26 Å². The molecule has 0 atom stereocenters. The normalized spacial score (nSPS) is 11.1. The summed E-state index contributed by atoms with van der Waals surface area (Å²) in [5.41, 5.74) is 3.26. The molecule has 0 unspecified atom stereocenters. The summed E-state index contributed by atoms with van der Waals surface area (Å²) in [6, 6.07) is 13.1. The van der Waals surface area contributed by atoms with Crippen LogP contribution in [0.1, 0.15) is 22.7 Å². The van der Waals surface area contributed by atoms with Crippen molar-refractivity contribution >= 4 is 39.7 Å². The maximum absolute atomic E-state index is 12.3. The van der Waals surface area contributed by atoms with Crippen molar-refractivity contribution in [2.45, 2.75) is 20.8 Å². The molecule has 0 bridgehead atoms. The van der Waals surface area contributed by atoms with Crippen molar-refractivity contribution in [2.75, 3.05) is 11.9 Å². The Morgan fingerprint density at radius 3 is 2.58 bits per heavy atom. The van der Waals surface area contributed by atoms with Crippen molar-refractivity contribution in [3.05, 3.63) is 69.2 Å². The van der Waals surface area contributed by atoms with E-state index in [9.17, 15) is 14.9 Å². The van der Waals surface area contributed by atoms with Crippen LogP contribution in [0.15, 0.2) is 51.0 Å². The number of carbonyl (C=O) groups is 2. The summed E-state index contributed by atoms with van der Waals surface area (Å²) in [5, 5.41) is 15.5. The van der Waals surface area contributed by atoms with Gasteiger partial charge in [-0.2, -0.15) is 5.26 Å². The summed E-state index contributed by atoms with van der Waals surface area (Å²) in [6.07, 6.45) is 1.46. The highest BCUT2D eigenvalue weighted by atomic mass is 79.9. The second-order valence-electron chi connectivity index (χ2n) is 6.76. The molecule has 0 saturated carbocycles. The largest absolute Gasteiger partial charge is 0.451 e. The van der Waals surface area contributed by atoms with Crippen molar-refractivity contribution < 1.29 is 18.8 Å². The number of carbonyl (C=O) groups excluding carboxylic acids is 2. The molecule has 3 aromatic rings.